The molecule has 0 aliphatic carbocycles. The summed E-state index contributed by atoms with van der Waals surface area (Å²) in [4.78, 5) is 23.4. The Labute approximate surface area is 136 Å². The molecule has 1 atom stereocenters. The number of carbonyl (C=O) groups excluding carboxylic acids is 1. The minimum absolute atomic E-state index is 0.0248. The number of carbonyl (C=O) groups is 2. The summed E-state index contributed by atoms with van der Waals surface area (Å²) in [6.45, 7) is -0.470. The number of halogens is 6. The maximum atomic E-state index is 12.8. The summed E-state index contributed by atoms with van der Waals surface area (Å²) in [6, 6.07) is 0.342. The van der Waals surface area contributed by atoms with Crippen molar-refractivity contribution >= 4 is 11.9 Å². The molecular weight excluding hydrogens is 360 g/mol. The Morgan fingerprint density at radius 1 is 1.04 bits per heavy atom. The van der Waals surface area contributed by atoms with E-state index in [1.54, 1.807) is 0 Å². The monoisotopic (exact) mass is 371 g/mol. The fraction of sp³-hybridized carbons (Fsp3) is 0.429. The van der Waals surface area contributed by atoms with Gasteiger partial charge in [-0.25, -0.2) is 4.79 Å². The van der Waals surface area contributed by atoms with E-state index < -0.39 is 53.1 Å². The van der Waals surface area contributed by atoms with Crippen LogP contribution in [0.25, 0.3) is 0 Å². The molecule has 1 heterocycles. The van der Waals surface area contributed by atoms with E-state index in [1.165, 1.54) is 0 Å². The highest BCUT2D eigenvalue weighted by molar-refractivity contribution is 5.98. The first-order chi connectivity index (χ1) is 11.3. The number of alkyl halides is 6. The molecule has 1 unspecified atom stereocenters. The van der Waals surface area contributed by atoms with Crippen LogP contribution in [0.2, 0.25) is 0 Å². The highest BCUT2D eigenvalue weighted by atomic mass is 19.4. The van der Waals surface area contributed by atoms with Crippen molar-refractivity contribution in [2.24, 2.45) is 0 Å². The Bertz CT molecular complexity index is 659. The summed E-state index contributed by atoms with van der Waals surface area (Å²) in [6.07, 6.45) is -10.4. The molecule has 0 saturated carbocycles. The second kappa shape index (κ2) is 6.21. The molecule has 0 bridgehead atoms. The maximum absolute atomic E-state index is 12.8. The van der Waals surface area contributed by atoms with Crippen LogP contribution in [-0.2, 0) is 21.9 Å². The fourth-order valence-electron chi connectivity index (χ4n) is 2.26. The van der Waals surface area contributed by atoms with E-state index in [9.17, 15) is 41.0 Å². The SMILES string of the molecule is O=C(NC1(C(=O)O)CCOC1)c1cc(C(F)(F)F)cc(C(F)(F)F)c1. The predicted octanol–water partition coefficient (Wildman–Crippen LogP) is 2.70. The van der Waals surface area contributed by atoms with Crippen LogP contribution in [0.3, 0.4) is 0 Å². The minimum atomic E-state index is -5.11. The van der Waals surface area contributed by atoms with Crippen molar-refractivity contribution < 1.29 is 45.8 Å². The summed E-state index contributed by atoms with van der Waals surface area (Å²) in [5.74, 6) is -2.87. The molecule has 0 radical (unpaired) electrons. The molecule has 1 aromatic rings. The van der Waals surface area contributed by atoms with Crippen LogP contribution in [0.4, 0.5) is 26.3 Å². The van der Waals surface area contributed by atoms with Gasteiger partial charge in [0, 0.05) is 18.6 Å². The quantitative estimate of drug-likeness (QED) is 0.802. The Hall–Kier alpha value is -2.30. The van der Waals surface area contributed by atoms with Crippen molar-refractivity contribution in [1.29, 1.82) is 0 Å². The maximum Gasteiger partial charge on any atom is 0.416 e. The smallest absolute Gasteiger partial charge is 0.416 e. The molecule has 1 amide bonds. The van der Waals surface area contributed by atoms with Gasteiger partial charge < -0.3 is 15.2 Å². The normalized spacial score (nSPS) is 21.2. The zero-order valence-corrected chi connectivity index (χ0v) is 12.3. The molecule has 1 fully saturated rings. The van der Waals surface area contributed by atoms with E-state index >= 15 is 0 Å². The van der Waals surface area contributed by atoms with Crippen LogP contribution in [0, 0.1) is 0 Å². The van der Waals surface area contributed by atoms with Gasteiger partial charge in [-0.3, -0.25) is 4.79 Å². The number of rotatable bonds is 3. The third kappa shape index (κ3) is 4.03. The van der Waals surface area contributed by atoms with Crippen LogP contribution >= 0.6 is 0 Å². The second-order valence-corrected chi connectivity index (χ2v) is 5.44. The molecule has 11 heteroatoms. The largest absolute Gasteiger partial charge is 0.479 e. The first-order valence-corrected chi connectivity index (χ1v) is 6.78. The van der Waals surface area contributed by atoms with Gasteiger partial charge in [-0.05, 0) is 18.2 Å². The van der Waals surface area contributed by atoms with Crippen LogP contribution in [0.15, 0.2) is 18.2 Å². The van der Waals surface area contributed by atoms with Crippen LogP contribution in [0.5, 0.6) is 0 Å². The van der Waals surface area contributed by atoms with Gasteiger partial charge >= 0.3 is 18.3 Å². The Balaban J connectivity index is 2.43. The number of amides is 1. The summed E-state index contributed by atoms with van der Waals surface area (Å²) in [5.41, 5.74) is -6.18. The summed E-state index contributed by atoms with van der Waals surface area (Å²) < 4.78 is 81.6. The van der Waals surface area contributed by atoms with E-state index in [-0.39, 0.29) is 31.2 Å². The van der Waals surface area contributed by atoms with E-state index in [1.807, 2.05) is 5.32 Å². The number of aliphatic carboxylic acids is 1. The molecule has 0 spiro atoms. The average Bonchev–Trinajstić information content (AvgIpc) is 2.95. The Morgan fingerprint density at radius 3 is 1.92 bits per heavy atom. The standard InChI is InChI=1S/C14H11F6NO4/c15-13(16,17)8-3-7(4-9(5-8)14(18,19)20)10(22)21-12(11(23)24)1-2-25-6-12/h3-5H,1-2,6H2,(H,21,22)(H,23,24). The summed E-state index contributed by atoms with van der Waals surface area (Å²) >= 11 is 0. The van der Waals surface area contributed by atoms with Gasteiger partial charge in [0.05, 0.1) is 17.7 Å². The molecule has 5 nitrogen and oxygen atoms in total. The zero-order chi connectivity index (χ0) is 19.0. The fourth-order valence-corrected chi connectivity index (χ4v) is 2.26. The van der Waals surface area contributed by atoms with Gasteiger partial charge in [0.2, 0.25) is 0 Å². The van der Waals surface area contributed by atoms with Crippen LogP contribution in [0.1, 0.15) is 27.9 Å². The number of nitrogens with one attached hydrogen (secondary N) is 1. The van der Waals surface area contributed by atoms with E-state index in [0.29, 0.717) is 0 Å². The Morgan fingerprint density at radius 2 is 1.56 bits per heavy atom. The van der Waals surface area contributed by atoms with E-state index in [2.05, 4.69) is 0 Å². The lowest BCUT2D eigenvalue weighted by molar-refractivity contribution is -0.145. The molecule has 25 heavy (non-hydrogen) atoms. The van der Waals surface area contributed by atoms with Crippen molar-refractivity contribution in [2.75, 3.05) is 13.2 Å². The Kier molecular flexibility index (Phi) is 4.73. The second-order valence-electron chi connectivity index (χ2n) is 5.44. The van der Waals surface area contributed by atoms with Crippen molar-refractivity contribution in [1.82, 2.24) is 5.32 Å². The van der Waals surface area contributed by atoms with Gasteiger partial charge in [0.15, 0.2) is 5.54 Å². The first kappa shape index (κ1) is 19.0. The first-order valence-electron chi connectivity index (χ1n) is 6.78. The molecular formula is C14H11F6NO4. The third-order valence-corrected chi connectivity index (χ3v) is 3.63. The molecule has 2 rings (SSSR count). The minimum Gasteiger partial charge on any atom is -0.479 e. The number of ether oxygens (including phenoxy) is 1. The van der Waals surface area contributed by atoms with Crippen molar-refractivity contribution in [3.8, 4) is 0 Å². The molecule has 0 aromatic heterocycles. The van der Waals surface area contributed by atoms with Crippen molar-refractivity contribution in [2.45, 2.75) is 24.3 Å². The number of carboxylic acids is 1. The number of carboxylic acid groups (broad SMARTS) is 1. The lowest BCUT2D eigenvalue weighted by Gasteiger charge is -2.24. The lowest BCUT2D eigenvalue weighted by atomic mass is 9.97. The highest BCUT2D eigenvalue weighted by Crippen LogP contribution is 2.36. The molecule has 1 saturated heterocycles. The van der Waals surface area contributed by atoms with Gasteiger partial charge in [0.1, 0.15) is 0 Å². The average molecular weight is 371 g/mol. The van der Waals surface area contributed by atoms with E-state index in [4.69, 9.17) is 4.74 Å². The molecule has 1 aliphatic heterocycles. The zero-order valence-electron chi connectivity index (χ0n) is 12.3. The van der Waals surface area contributed by atoms with Gasteiger partial charge in [-0.2, -0.15) is 26.3 Å². The summed E-state index contributed by atoms with van der Waals surface area (Å²) in [7, 11) is 0. The van der Waals surface area contributed by atoms with Crippen LogP contribution < -0.4 is 5.32 Å². The van der Waals surface area contributed by atoms with Crippen molar-refractivity contribution in [3.63, 3.8) is 0 Å². The van der Waals surface area contributed by atoms with Gasteiger partial charge in [0.25, 0.3) is 5.91 Å². The van der Waals surface area contributed by atoms with Crippen molar-refractivity contribution in [3.05, 3.63) is 34.9 Å². The molecule has 1 aliphatic rings. The third-order valence-electron chi connectivity index (χ3n) is 3.63. The van der Waals surface area contributed by atoms with Crippen LogP contribution in [-0.4, -0.2) is 35.7 Å². The number of hydrogen-bond donors (Lipinski definition) is 2. The molecule has 2 N–H and O–H groups in total. The van der Waals surface area contributed by atoms with Gasteiger partial charge in [-0.1, -0.05) is 0 Å². The topological polar surface area (TPSA) is 75.6 Å². The highest BCUT2D eigenvalue weighted by Gasteiger charge is 2.45. The van der Waals surface area contributed by atoms with E-state index in [0.717, 1.165) is 0 Å². The number of hydrogen-bond acceptors (Lipinski definition) is 3. The molecule has 1 aromatic carbocycles. The van der Waals surface area contributed by atoms with Gasteiger partial charge in [-0.15, -0.1) is 0 Å². The number of benzene rings is 1. The molecule has 138 valence electrons. The lowest BCUT2D eigenvalue weighted by Crippen LogP contribution is -2.55. The summed E-state index contributed by atoms with van der Waals surface area (Å²) in [5, 5.41) is 11.1. The predicted molar refractivity (Wildman–Crippen MR) is 69.7 cm³/mol.